The van der Waals surface area contributed by atoms with Crippen molar-refractivity contribution in [1.29, 1.82) is 0 Å². The number of aryl methyl sites for hydroxylation is 8. The Morgan fingerprint density at radius 2 is 0.778 bits per heavy atom. The molecule has 4 aromatic heterocycles. The zero-order valence-electron chi connectivity index (χ0n) is 42.3. The van der Waals surface area contributed by atoms with Crippen LogP contribution in [-0.2, 0) is 9.47 Å². The van der Waals surface area contributed by atoms with Gasteiger partial charge in [-0.1, -0.05) is 109 Å². The van der Waals surface area contributed by atoms with Crippen LogP contribution in [-0.4, -0.2) is 35.1 Å². The van der Waals surface area contributed by atoms with E-state index in [0.717, 1.165) is 89.1 Å². The van der Waals surface area contributed by atoms with Gasteiger partial charge in [-0.05, 0) is 126 Å². The first kappa shape index (κ1) is 48.4. The van der Waals surface area contributed by atoms with Crippen molar-refractivity contribution in [3.8, 4) is 0 Å². The average molecular weight is 959 g/mol. The van der Waals surface area contributed by atoms with Crippen LogP contribution in [0.15, 0.2) is 140 Å². The van der Waals surface area contributed by atoms with Crippen molar-refractivity contribution in [2.75, 3.05) is 23.8 Å². The maximum absolute atomic E-state index is 13.4. The van der Waals surface area contributed by atoms with E-state index in [-0.39, 0.29) is 13.2 Å². The molecule has 0 fully saturated rings. The minimum absolute atomic E-state index is 0.250. The first-order valence-corrected chi connectivity index (χ1v) is 24.1. The monoisotopic (exact) mass is 958 g/mol. The molecule has 4 heterocycles. The Labute approximate surface area is 417 Å². The number of carbonyl (C=O) groups is 2. The lowest BCUT2D eigenvalue weighted by molar-refractivity contribution is 0.0517. The number of ether oxygens (including phenoxy) is 2. The van der Waals surface area contributed by atoms with Gasteiger partial charge in [-0.15, -0.1) is 0 Å². The fourth-order valence-electron chi connectivity index (χ4n) is 9.30. The summed E-state index contributed by atoms with van der Waals surface area (Å²) in [4.78, 5) is 43.6. The van der Waals surface area contributed by atoms with E-state index in [9.17, 15) is 9.59 Å². The van der Waals surface area contributed by atoms with Crippen LogP contribution >= 0.6 is 0 Å². The van der Waals surface area contributed by atoms with Crippen LogP contribution in [0.25, 0.3) is 43.6 Å². The molecule has 4 N–H and O–H groups in total. The molecule has 0 bridgehead atoms. The second-order valence-corrected chi connectivity index (χ2v) is 18.0. The van der Waals surface area contributed by atoms with Crippen LogP contribution in [0.4, 0.5) is 34.5 Å². The minimum atomic E-state index is -0.455. The van der Waals surface area contributed by atoms with Gasteiger partial charge in [0.1, 0.15) is 22.2 Å². The molecule has 0 aliphatic heterocycles. The molecule has 0 amide bonds. The zero-order valence-corrected chi connectivity index (χ0v) is 42.3. The molecular formula is C60H58N6O6. The number of para-hydroxylation sites is 6. The van der Waals surface area contributed by atoms with Crippen molar-refractivity contribution in [2.45, 2.75) is 69.2 Å². The lowest BCUT2D eigenvalue weighted by Crippen LogP contribution is -2.14. The summed E-state index contributed by atoms with van der Waals surface area (Å²) in [6.45, 7) is 20.3. The molecule has 12 heteroatoms. The number of fused-ring (bicyclic) bond motifs is 6. The van der Waals surface area contributed by atoms with E-state index in [1.54, 1.807) is 13.8 Å². The highest BCUT2D eigenvalue weighted by atomic mass is 16.5. The Balaban J connectivity index is 0.000000178. The summed E-state index contributed by atoms with van der Waals surface area (Å²) in [6, 6.07) is 40.0. The van der Waals surface area contributed by atoms with Crippen LogP contribution in [0.1, 0.15) is 79.1 Å². The van der Waals surface area contributed by atoms with Crippen molar-refractivity contribution in [3.05, 3.63) is 188 Å². The summed E-state index contributed by atoms with van der Waals surface area (Å²) in [6.07, 6.45) is 0. The predicted molar refractivity (Wildman–Crippen MR) is 289 cm³/mol. The molecule has 10 aromatic rings. The summed E-state index contributed by atoms with van der Waals surface area (Å²) in [7, 11) is 0. The fraction of sp³-hybridized carbons (Fsp3) is 0.200. The van der Waals surface area contributed by atoms with E-state index in [0.29, 0.717) is 55.8 Å². The highest BCUT2D eigenvalue weighted by Gasteiger charge is 2.27. The van der Waals surface area contributed by atoms with Gasteiger partial charge in [0, 0.05) is 44.0 Å². The first-order valence-electron chi connectivity index (χ1n) is 24.1. The number of carbonyl (C=O) groups excluding carboxylic acids is 2. The second kappa shape index (κ2) is 20.4. The summed E-state index contributed by atoms with van der Waals surface area (Å²) in [5.74, 6) is -0.312. The van der Waals surface area contributed by atoms with Gasteiger partial charge in [-0.2, -0.15) is 0 Å². The molecule has 72 heavy (non-hydrogen) atoms. The summed E-state index contributed by atoms with van der Waals surface area (Å²) >= 11 is 0. The zero-order chi connectivity index (χ0) is 50.8. The molecule has 10 rings (SSSR count). The topological polar surface area (TPSA) is 159 Å². The van der Waals surface area contributed by atoms with Crippen LogP contribution in [0.2, 0.25) is 0 Å². The van der Waals surface area contributed by atoms with E-state index < -0.39 is 11.9 Å². The van der Waals surface area contributed by atoms with Gasteiger partial charge in [-0.25, -0.2) is 19.6 Å². The van der Waals surface area contributed by atoms with Gasteiger partial charge in [0.05, 0.1) is 24.6 Å². The Bertz CT molecular complexity index is 3560. The minimum Gasteiger partial charge on any atom is -0.462 e. The predicted octanol–water partition coefficient (Wildman–Crippen LogP) is 14.6. The lowest BCUT2D eigenvalue weighted by atomic mass is 10.1. The van der Waals surface area contributed by atoms with Gasteiger partial charge in [0.25, 0.3) is 0 Å². The van der Waals surface area contributed by atoms with E-state index in [1.807, 2.05) is 177 Å². The van der Waals surface area contributed by atoms with E-state index in [2.05, 4.69) is 20.6 Å². The molecule has 0 unspecified atom stereocenters. The average Bonchev–Trinajstić information content (AvgIpc) is 3.94. The quantitative estimate of drug-likeness (QED) is 0.0986. The smallest absolute Gasteiger partial charge is 0.344 e. The van der Waals surface area contributed by atoms with Crippen molar-refractivity contribution in [1.82, 2.24) is 9.97 Å². The van der Waals surface area contributed by atoms with Crippen molar-refractivity contribution < 1.29 is 27.9 Å². The van der Waals surface area contributed by atoms with Crippen LogP contribution in [0.3, 0.4) is 0 Å². The largest absolute Gasteiger partial charge is 0.462 e. The van der Waals surface area contributed by atoms with Crippen molar-refractivity contribution >= 4 is 90.1 Å². The fourth-order valence-corrected chi connectivity index (χ4v) is 9.30. The van der Waals surface area contributed by atoms with Crippen LogP contribution < -0.4 is 21.7 Å². The van der Waals surface area contributed by atoms with E-state index >= 15 is 0 Å². The third-order valence-electron chi connectivity index (χ3n) is 12.9. The second-order valence-electron chi connectivity index (χ2n) is 18.0. The number of esters is 2. The van der Waals surface area contributed by atoms with Gasteiger partial charge in [0.2, 0.25) is 22.9 Å². The lowest BCUT2D eigenvalue weighted by Gasteiger charge is -2.15. The van der Waals surface area contributed by atoms with E-state index in [1.165, 1.54) is 0 Å². The molecule has 0 aliphatic rings. The first-order chi connectivity index (χ1) is 34.8. The van der Waals surface area contributed by atoms with Crippen molar-refractivity contribution in [3.63, 3.8) is 0 Å². The Hall–Kier alpha value is -8.64. The molecule has 12 nitrogen and oxygen atoms in total. The summed E-state index contributed by atoms with van der Waals surface area (Å²) < 4.78 is 23.9. The molecule has 364 valence electrons. The van der Waals surface area contributed by atoms with Gasteiger partial charge in [-0.3, -0.25) is 0 Å². The number of nitrogens with zero attached hydrogens (tertiary/aromatic N) is 2. The van der Waals surface area contributed by atoms with Gasteiger partial charge in [0.15, 0.2) is 0 Å². The number of aromatic nitrogens is 2. The summed E-state index contributed by atoms with van der Waals surface area (Å²) in [5.41, 5.74) is 16.2. The molecular weight excluding hydrogens is 901 g/mol. The van der Waals surface area contributed by atoms with Crippen molar-refractivity contribution in [2.24, 2.45) is 9.98 Å². The highest BCUT2D eigenvalue weighted by molar-refractivity contribution is 6.19. The molecule has 0 radical (unpaired) electrons. The van der Waals surface area contributed by atoms with Gasteiger partial charge >= 0.3 is 11.9 Å². The number of rotatable bonds is 10. The number of hydrogen-bond acceptors (Lipinski definition) is 10. The number of anilines is 4. The number of H-pyrrole nitrogens is 2. The maximum atomic E-state index is 13.4. The van der Waals surface area contributed by atoms with Crippen LogP contribution in [0, 0.1) is 55.4 Å². The molecule has 0 aliphatic carbocycles. The van der Waals surface area contributed by atoms with Gasteiger partial charge < -0.3 is 38.9 Å². The maximum Gasteiger partial charge on any atom is 0.344 e. The molecule has 0 spiro atoms. The third-order valence-corrected chi connectivity index (χ3v) is 12.9. The molecule has 6 aromatic carbocycles. The van der Waals surface area contributed by atoms with E-state index in [4.69, 9.17) is 28.3 Å². The number of hydrogen-bond donors (Lipinski definition) is 4. The molecule has 0 atom stereocenters. The number of nitrogens with one attached hydrogen (secondary N) is 4. The Morgan fingerprint density at radius 1 is 0.458 bits per heavy atom. The normalized spacial score (nSPS) is 11.9. The number of aromatic amines is 2. The molecule has 0 saturated carbocycles. The van der Waals surface area contributed by atoms with Crippen LogP contribution in [0.5, 0.6) is 0 Å². The SMILES string of the molecule is CCOC(=O)c1c(Nc2c(C)cccc2C)oc(=Nc2c(C)cccc2C)c2[nH]c3ccccc3c12.CCOC(=O)c1c(Nc2c(C)cccc2C)oc(=Nc2c(C)cccc2C)c2[nH]c3ccccc3c12. The highest BCUT2D eigenvalue weighted by Crippen LogP contribution is 2.37. The molecule has 0 saturated heterocycles. The summed E-state index contributed by atoms with van der Waals surface area (Å²) in [5, 5.41) is 10.0. The Kier molecular flexibility index (Phi) is 13.7. The number of benzene rings is 6. The Morgan fingerprint density at radius 3 is 1.11 bits per heavy atom. The third kappa shape index (κ3) is 9.26. The standard InChI is InChI=1S/2C30H29N3O3/c2*1-6-35-30(34)24-23-21-15-7-8-16-22(21)31-27(23)29(33-26-19(4)13-10-14-20(26)5)36-28(24)32-25-17(2)11-9-12-18(25)3/h2*7-16,31-32H,6H2,1-5H3.